The molecule has 0 unspecified atom stereocenters. The fourth-order valence-corrected chi connectivity index (χ4v) is 2.73. The van der Waals surface area contributed by atoms with Gasteiger partial charge in [-0.15, -0.1) is 10.2 Å². The second kappa shape index (κ2) is 6.02. The summed E-state index contributed by atoms with van der Waals surface area (Å²) in [5.74, 6) is -0.247. The summed E-state index contributed by atoms with van der Waals surface area (Å²) < 4.78 is 6.05. The van der Waals surface area contributed by atoms with Crippen molar-refractivity contribution in [2.75, 3.05) is 0 Å². The van der Waals surface area contributed by atoms with E-state index in [1.165, 1.54) is 12.3 Å². The lowest BCUT2D eigenvalue weighted by molar-refractivity contribution is 0.0990. The van der Waals surface area contributed by atoms with E-state index in [1.54, 1.807) is 24.3 Å². The summed E-state index contributed by atoms with van der Waals surface area (Å²) in [5, 5.41) is 24.7. The second-order valence-electron chi connectivity index (χ2n) is 5.16. The van der Waals surface area contributed by atoms with Crippen LogP contribution in [-0.2, 0) is 0 Å². The maximum absolute atomic E-state index is 12.2. The van der Waals surface area contributed by atoms with Crippen molar-refractivity contribution in [1.29, 1.82) is 0 Å². The van der Waals surface area contributed by atoms with Gasteiger partial charge in [-0.3, -0.25) is 9.89 Å². The van der Waals surface area contributed by atoms with Crippen molar-refractivity contribution in [3.05, 3.63) is 52.8 Å². The van der Waals surface area contributed by atoms with Gasteiger partial charge < -0.3 is 14.5 Å². The van der Waals surface area contributed by atoms with Crippen molar-refractivity contribution in [2.24, 2.45) is 10.2 Å². The van der Waals surface area contributed by atoms with Gasteiger partial charge in [0, 0.05) is 15.9 Å². The lowest BCUT2D eigenvalue weighted by Crippen LogP contribution is -1.93. The number of aromatic amines is 2. The fraction of sp³-hybridized carbons (Fsp3) is 0. The molecule has 0 aliphatic heterocycles. The van der Waals surface area contributed by atoms with Gasteiger partial charge in [0.2, 0.25) is 5.88 Å². The molecule has 0 bridgehead atoms. The third-order valence-corrected chi connectivity index (χ3v) is 4.03. The number of nitrogens with zero attached hydrogens (tertiary/aromatic N) is 3. The molecule has 3 N–H and O–H groups in total. The van der Waals surface area contributed by atoms with Crippen LogP contribution in [-0.4, -0.2) is 26.2 Å². The number of amides is 1. The summed E-state index contributed by atoms with van der Waals surface area (Å²) in [5.41, 5.74) is 1.52. The zero-order valence-corrected chi connectivity index (χ0v) is 14.1. The molecule has 4 rings (SSSR count). The van der Waals surface area contributed by atoms with E-state index in [0.29, 0.717) is 22.4 Å². The zero-order valence-electron chi connectivity index (χ0n) is 12.5. The first-order valence-corrected chi connectivity index (χ1v) is 7.96. The number of aromatic nitrogens is 3. The molecule has 0 aliphatic carbocycles. The van der Waals surface area contributed by atoms with Crippen LogP contribution < -0.4 is 0 Å². The highest BCUT2D eigenvalue weighted by atomic mass is 79.9. The monoisotopic (exact) mass is 399 g/mol. The van der Waals surface area contributed by atoms with Gasteiger partial charge in [0.05, 0.1) is 11.8 Å². The lowest BCUT2D eigenvalue weighted by atomic mass is 10.2. The SMILES string of the molecule is O=C(N=Nc1c(O)[nH]c2ccc(Br)cc12)c1cc(-c2ccco2)[nH]n1. The second-order valence-corrected chi connectivity index (χ2v) is 6.08. The van der Waals surface area contributed by atoms with Gasteiger partial charge in [-0.05, 0) is 30.3 Å². The van der Waals surface area contributed by atoms with Crippen LogP contribution in [0.2, 0.25) is 0 Å². The van der Waals surface area contributed by atoms with Gasteiger partial charge in [-0.1, -0.05) is 15.9 Å². The number of halogens is 1. The number of carbonyl (C=O) groups excluding carboxylic acids is 1. The molecule has 0 saturated carbocycles. The summed E-state index contributed by atoms with van der Waals surface area (Å²) in [6, 6.07) is 10.4. The third-order valence-electron chi connectivity index (χ3n) is 3.54. The number of H-pyrrole nitrogens is 2. The summed E-state index contributed by atoms with van der Waals surface area (Å²) in [6.45, 7) is 0. The van der Waals surface area contributed by atoms with E-state index in [2.05, 4.69) is 41.3 Å². The lowest BCUT2D eigenvalue weighted by Gasteiger charge is -1.92. The Morgan fingerprint density at radius 3 is 2.96 bits per heavy atom. The van der Waals surface area contributed by atoms with Gasteiger partial charge in [-0.25, -0.2) is 0 Å². The molecule has 124 valence electrons. The summed E-state index contributed by atoms with van der Waals surface area (Å²) >= 11 is 3.36. The molecule has 0 aliphatic rings. The van der Waals surface area contributed by atoms with E-state index < -0.39 is 5.91 Å². The molecule has 25 heavy (non-hydrogen) atoms. The number of hydrogen-bond acceptors (Lipinski definition) is 5. The summed E-state index contributed by atoms with van der Waals surface area (Å²) in [7, 11) is 0. The molecule has 1 amide bonds. The largest absolute Gasteiger partial charge is 0.493 e. The minimum absolute atomic E-state index is 0.0932. The predicted molar refractivity (Wildman–Crippen MR) is 92.8 cm³/mol. The number of rotatable bonds is 3. The number of azo groups is 1. The maximum Gasteiger partial charge on any atom is 0.315 e. The van der Waals surface area contributed by atoms with E-state index in [4.69, 9.17) is 4.42 Å². The van der Waals surface area contributed by atoms with Crippen LogP contribution in [0.3, 0.4) is 0 Å². The number of fused-ring (bicyclic) bond motifs is 1. The fourth-order valence-electron chi connectivity index (χ4n) is 2.37. The highest BCUT2D eigenvalue weighted by Crippen LogP contribution is 2.36. The van der Waals surface area contributed by atoms with E-state index in [-0.39, 0.29) is 17.3 Å². The van der Waals surface area contributed by atoms with Gasteiger partial charge in [0.1, 0.15) is 5.69 Å². The Hall–Kier alpha value is -3.20. The zero-order chi connectivity index (χ0) is 17.4. The molecule has 0 radical (unpaired) electrons. The van der Waals surface area contributed by atoms with Crippen LogP contribution in [0.15, 0.2) is 61.8 Å². The minimum Gasteiger partial charge on any atom is -0.493 e. The third kappa shape index (κ3) is 2.85. The van der Waals surface area contributed by atoms with Crippen molar-refractivity contribution < 1.29 is 14.3 Å². The smallest absolute Gasteiger partial charge is 0.315 e. The first-order valence-electron chi connectivity index (χ1n) is 7.17. The number of benzene rings is 1. The van der Waals surface area contributed by atoms with Gasteiger partial charge in [0.25, 0.3) is 0 Å². The van der Waals surface area contributed by atoms with Gasteiger partial charge in [-0.2, -0.15) is 5.10 Å². The Labute approximate surface area is 148 Å². The molecule has 0 atom stereocenters. The number of hydrogen-bond donors (Lipinski definition) is 3. The molecule has 3 aromatic heterocycles. The maximum atomic E-state index is 12.2. The van der Waals surface area contributed by atoms with E-state index in [1.807, 2.05) is 6.07 Å². The molecule has 0 fully saturated rings. The van der Waals surface area contributed by atoms with Gasteiger partial charge in [0.15, 0.2) is 17.1 Å². The quantitative estimate of drug-likeness (QED) is 0.437. The Kier molecular flexibility index (Phi) is 3.69. The standard InChI is InChI=1S/C16H10BrN5O3/c17-8-3-4-10-9(6-8)14(16(24)18-10)21-22-15(23)12-7-11(19-20-12)13-2-1-5-25-13/h1-7,18,24H,(H,19,20). The average Bonchev–Trinajstić information content (AvgIpc) is 3.32. The van der Waals surface area contributed by atoms with E-state index in [0.717, 1.165) is 4.47 Å². The number of nitrogens with one attached hydrogen (secondary N) is 2. The van der Waals surface area contributed by atoms with Crippen molar-refractivity contribution >= 4 is 38.4 Å². The van der Waals surface area contributed by atoms with Crippen LogP contribution in [0.1, 0.15) is 10.5 Å². The Bertz CT molecular complexity index is 1090. The van der Waals surface area contributed by atoms with Crippen LogP contribution in [0.4, 0.5) is 5.69 Å². The molecule has 9 heteroatoms. The van der Waals surface area contributed by atoms with Crippen molar-refractivity contribution in [2.45, 2.75) is 0 Å². The molecule has 8 nitrogen and oxygen atoms in total. The first kappa shape index (κ1) is 15.3. The highest BCUT2D eigenvalue weighted by Gasteiger charge is 2.14. The molecule has 3 heterocycles. The Balaban J connectivity index is 1.63. The summed E-state index contributed by atoms with van der Waals surface area (Å²) in [6.07, 6.45) is 1.52. The summed E-state index contributed by atoms with van der Waals surface area (Å²) in [4.78, 5) is 14.9. The molecule has 4 aromatic rings. The highest BCUT2D eigenvalue weighted by molar-refractivity contribution is 9.10. The van der Waals surface area contributed by atoms with E-state index in [9.17, 15) is 9.90 Å². The van der Waals surface area contributed by atoms with Crippen LogP contribution in [0.25, 0.3) is 22.4 Å². The minimum atomic E-state index is -0.641. The Morgan fingerprint density at radius 1 is 1.28 bits per heavy atom. The van der Waals surface area contributed by atoms with Gasteiger partial charge >= 0.3 is 5.91 Å². The van der Waals surface area contributed by atoms with Crippen LogP contribution >= 0.6 is 15.9 Å². The predicted octanol–water partition coefficient (Wildman–Crippen LogP) is 4.54. The van der Waals surface area contributed by atoms with Crippen LogP contribution in [0.5, 0.6) is 5.88 Å². The molecular formula is C16H10BrN5O3. The number of aromatic hydroxyl groups is 1. The average molecular weight is 400 g/mol. The van der Waals surface area contributed by atoms with E-state index >= 15 is 0 Å². The number of carbonyl (C=O) groups is 1. The Morgan fingerprint density at radius 2 is 2.16 bits per heavy atom. The molecule has 0 spiro atoms. The number of furan rings is 1. The molecular weight excluding hydrogens is 390 g/mol. The van der Waals surface area contributed by atoms with Crippen molar-refractivity contribution in [1.82, 2.24) is 15.2 Å². The van der Waals surface area contributed by atoms with Crippen molar-refractivity contribution in [3.8, 4) is 17.3 Å². The van der Waals surface area contributed by atoms with Crippen LogP contribution in [0, 0.1) is 0 Å². The molecule has 0 saturated heterocycles. The normalized spacial score (nSPS) is 11.6. The van der Waals surface area contributed by atoms with Crippen molar-refractivity contribution in [3.63, 3.8) is 0 Å². The molecule has 1 aromatic carbocycles. The topological polar surface area (TPSA) is 120 Å². The first-order chi connectivity index (χ1) is 12.1.